The molecule has 1 aromatic heterocycles. The monoisotopic (exact) mass is 220 g/mol. The van der Waals surface area contributed by atoms with Crippen LogP contribution in [0.4, 0.5) is 0 Å². The number of hydrogen-bond donors (Lipinski definition) is 0. The van der Waals surface area contributed by atoms with Gasteiger partial charge in [0.05, 0.1) is 17.3 Å². The molecule has 17 heavy (non-hydrogen) atoms. The summed E-state index contributed by atoms with van der Waals surface area (Å²) >= 11 is 0. The second-order valence-electron chi connectivity index (χ2n) is 3.64. The van der Waals surface area contributed by atoms with Crippen molar-refractivity contribution in [3.05, 3.63) is 54.1 Å². The molecule has 0 atom stereocenters. The van der Waals surface area contributed by atoms with Gasteiger partial charge in [-0.2, -0.15) is 10.1 Å². The Bertz CT molecular complexity index is 707. The molecule has 80 valence electrons. The quantitative estimate of drug-likeness (QED) is 0.632. The van der Waals surface area contributed by atoms with E-state index in [0.29, 0.717) is 5.56 Å². The first-order chi connectivity index (χ1) is 8.36. The maximum Gasteiger partial charge on any atom is 0.114 e. The van der Waals surface area contributed by atoms with E-state index in [1.807, 2.05) is 30.3 Å². The molecule has 0 saturated heterocycles. The zero-order valence-corrected chi connectivity index (χ0v) is 8.91. The fraction of sp³-hybridized carbons (Fsp3) is 0. The van der Waals surface area contributed by atoms with Crippen LogP contribution in [0.15, 0.2) is 48.5 Å². The number of hydrogen-bond acceptors (Lipinski definition) is 3. The fourth-order valence-corrected chi connectivity index (χ4v) is 1.66. The van der Waals surface area contributed by atoms with Gasteiger partial charge < -0.3 is 0 Å². The molecule has 0 aliphatic rings. The summed E-state index contributed by atoms with van der Waals surface area (Å²) in [5.41, 5.74) is 3.01. The van der Waals surface area contributed by atoms with Crippen LogP contribution < -0.4 is 0 Å². The van der Waals surface area contributed by atoms with Gasteiger partial charge in [-0.25, -0.2) is 0 Å². The van der Waals surface area contributed by atoms with Crippen molar-refractivity contribution in [1.29, 1.82) is 5.26 Å². The Hall–Kier alpha value is -2.67. The van der Waals surface area contributed by atoms with Gasteiger partial charge in [0.1, 0.15) is 11.0 Å². The van der Waals surface area contributed by atoms with Crippen molar-refractivity contribution in [2.24, 2.45) is 0 Å². The van der Waals surface area contributed by atoms with Crippen molar-refractivity contribution in [1.82, 2.24) is 15.0 Å². The molecule has 4 nitrogen and oxygen atoms in total. The summed E-state index contributed by atoms with van der Waals surface area (Å²) in [5.74, 6) is 0. The molecule has 0 saturated carbocycles. The number of para-hydroxylation sites is 1. The minimum Gasteiger partial charge on any atom is -0.192 e. The fourth-order valence-electron chi connectivity index (χ4n) is 1.66. The highest BCUT2D eigenvalue weighted by Gasteiger charge is 2.04. The first-order valence-corrected chi connectivity index (χ1v) is 5.19. The van der Waals surface area contributed by atoms with Gasteiger partial charge >= 0.3 is 0 Å². The molecular formula is C13H8N4. The number of benzene rings is 2. The van der Waals surface area contributed by atoms with Gasteiger partial charge in [-0.15, -0.1) is 10.2 Å². The predicted molar refractivity (Wildman–Crippen MR) is 63.6 cm³/mol. The van der Waals surface area contributed by atoms with Crippen molar-refractivity contribution in [2.45, 2.75) is 0 Å². The Morgan fingerprint density at radius 1 is 0.941 bits per heavy atom. The maximum absolute atomic E-state index is 8.82. The van der Waals surface area contributed by atoms with Crippen LogP contribution in [0.3, 0.4) is 0 Å². The molecule has 0 unspecified atom stereocenters. The molecule has 0 bridgehead atoms. The van der Waals surface area contributed by atoms with Gasteiger partial charge in [0.2, 0.25) is 0 Å². The van der Waals surface area contributed by atoms with Crippen LogP contribution >= 0.6 is 0 Å². The smallest absolute Gasteiger partial charge is 0.114 e. The average Bonchev–Trinajstić information content (AvgIpc) is 2.82. The standard InChI is InChI=1S/C13H8N4/c14-9-10-6-7-12-13(8-10)16-17(15-12)11-4-2-1-3-5-11/h1-8H. The van der Waals surface area contributed by atoms with Crippen molar-refractivity contribution in [3.63, 3.8) is 0 Å². The van der Waals surface area contributed by atoms with Crippen LogP contribution in [0.1, 0.15) is 5.56 Å². The molecule has 4 heteroatoms. The summed E-state index contributed by atoms with van der Waals surface area (Å²) in [5, 5.41) is 17.5. The van der Waals surface area contributed by atoms with E-state index in [-0.39, 0.29) is 0 Å². The van der Waals surface area contributed by atoms with Crippen molar-refractivity contribution < 1.29 is 0 Å². The topological polar surface area (TPSA) is 54.5 Å². The molecule has 0 amide bonds. The van der Waals surface area contributed by atoms with Crippen LogP contribution in [-0.4, -0.2) is 15.0 Å². The van der Waals surface area contributed by atoms with E-state index in [0.717, 1.165) is 16.7 Å². The van der Waals surface area contributed by atoms with E-state index in [1.165, 1.54) is 0 Å². The molecule has 3 aromatic rings. The largest absolute Gasteiger partial charge is 0.192 e. The van der Waals surface area contributed by atoms with Crippen molar-refractivity contribution >= 4 is 11.0 Å². The second kappa shape index (κ2) is 3.72. The van der Waals surface area contributed by atoms with E-state index in [1.54, 1.807) is 23.0 Å². The second-order valence-corrected chi connectivity index (χ2v) is 3.64. The Morgan fingerprint density at radius 2 is 1.71 bits per heavy atom. The summed E-state index contributed by atoms with van der Waals surface area (Å²) in [6.07, 6.45) is 0. The summed E-state index contributed by atoms with van der Waals surface area (Å²) in [4.78, 5) is 1.58. The zero-order valence-electron chi connectivity index (χ0n) is 8.91. The molecule has 3 rings (SSSR count). The van der Waals surface area contributed by atoms with Crippen molar-refractivity contribution in [2.75, 3.05) is 0 Å². The van der Waals surface area contributed by atoms with E-state index in [9.17, 15) is 0 Å². The first-order valence-electron chi connectivity index (χ1n) is 5.19. The summed E-state index contributed by atoms with van der Waals surface area (Å²) in [6, 6.07) is 17.1. The molecular weight excluding hydrogens is 212 g/mol. The molecule has 2 aromatic carbocycles. The van der Waals surface area contributed by atoms with Crippen molar-refractivity contribution in [3.8, 4) is 11.8 Å². The minimum atomic E-state index is 0.595. The lowest BCUT2D eigenvalue weighted by atomic mass is 10.2. The third-order valence-electron chi connectivity index (χ3n) is 2.50. The number of fused-ring (bicyclic) bond motifs is 1. The lowest BCUT2D eigenvalue weighted by Gasteiger charge is -1.96. The highest BCUT2D eigenvalue weighted by Crippen LogP contribution is 2.13. The van der Waals surface area contributed by atoms with Crippen LogP contribution in [-0.2, 0) is 0 Å². The summed E-state index contributed by atoms with van der Waals surface area (Å²) in [7, 11) is 0. The maximum atomic E-state index is 8.82. The molecule has 0 aliphatic heterocycles. The molecule has 0 spiro atoms. The van der Waals surface area contributed by atoms with Gasteiger partial charge in [-0.1, -0.05) is 18.2 Å². The van der Waals surface area contributed by atoms with Crippen LogP contribution in [0, 0.1) is 11.3 Å². The van der Waals surface area contributed by atoms with Crippen LogP contribution in [0.25, 0.3) is 16.7 Å². The number of aromatic nitrogens is 3. The van der Waals surface area contributed by atoms with Crippen LogP contribution in [0.5, 0.6) is 0 Å². The lowest BCUT2D eigenvalue weighted by molar-refractivity contribution is 0.766. The zero-order chi connectivity index (χ0) is 11.7. The van der Waals surface area contributed by atoms with Gasteiger partial charge in [-0.3, -0.25) is 0 Å². The Balaban J connectivity index is 2.18. The SMILES string of the molecule is N#Cc1ccc2nn(-c3ccccc3)nc2c1. The normalized spacial score (nSPS) is 10.3. The van der Waals surface area contributed by atoms with Crippen LogP contribution in [0.2, 0.25) is 0 Å². The minimum absolute atomic E-state index is 0.595. The summed E-state index contributed by atoms with van der Waals surface area (Å²) < 4.78 is 0. The Labute approximate surface area is 97.7 Å². The van der Waals surface area contributed by atoms with Gasteiger partial charge in [0.15, 0.2) is 0 Å². The lowest BCUT2D eigenvalue weighted by Crippen LogP contribution is -1.97. The Kier molecular flexibility index (Phi) is 2.09. The average molecular weight is 220 g/mol. The van der Waals surface area contributed by atoms with Gasteiger partial charge in [0, 0.05) is 0 Å². The van der Waals surface area contributed by atoms with E-state index in [4.69, 9.17) is 5.26 Å². The van der Waals surface area contributed by atoms with E-state index in [2.05, 4.69) is 16.3 Å². The molecule has 1 heterocycles. The molecule has 0 aliphatic carbocycles. The number of nitrogens with zero attached hydrogens (tertiary/aromatic N) is 4. The van der Waals surface area contributed by atoms with E-state index < -0.39 is 0 Å². The predicted octanol–water partition coefficient (Wildman–Crippen LogP) is 2.29. The van der Waals surface area contributed by atoms with E-state index >= 15 is 0 Å². The highest BCUT2D eigenvalue weighted by atomic mass is 15.5. The highest BCUT2D eigenvalue weighted by molar-refractivity contribution is 5.75. The third kappa shape index (κ3) is 1.64. The first kappa shape index (κ1) is 9.55. The Morgan fingerprint density at radius 3 is 2.47 bits per heavy atom. The number of nitriles is 1. The van der Waals surface area contributed by atoms with Gasteiger partial charge in [0.25, 0.3) is 0 Å². The molecule has 0 fully saturated rings. The number of rotatable bonds is 1. The molecule has 0 N–H and O–H groups in total. The summed E-state index contributed by atoms with van der Waals surface area (Å²) in [6.45, 7) is 0. The third-order valence-corrected chi connectivity index (χ3v) is 2.50. The van der Waals surface area contributed by atoms with Gasteiger partial charge in [-0.05, 0) is 30.3 Å². The molecule has 0 radical (unpaired) electrons.